The van der Waals surface area contributed by atoms with Crippen LogP contribution in [0.4, 0.5) is 5.69 Å². The Morgan fingerprint density at radius 1 is 1.09 bits per heavy atom. The van der Waals surface area contributed by atoms with Crippen molar-refractivity contribution in [2.45, 2.75) is 19.9 Å². The molecule has 0 aromatic heterocycles. The van der Waals surface area contributed by atoms with E-state index in [9.17, 15) is 4.79 Å². The molecule has 1 heterocycles. The van der Waals surface area contributed by atoms with E-state index >= 15 is 0 Å². The maximum absolute atomic E-state index is 11.9. The van der Waals surface area contributed by atoms with Crippen LogP contribution in [0.1, 0.15) is 17.5 Å². The largest absolute Gasteiger partial charge is 0.454 e. The average Bonchev–Trinajstić information content (AvgIpc) is 3.01. The van der Waals surface area contributed by atoms with E-state index < -0.39 is 0 Å². The van der Waals surface area contributed by atoms with Crippen molar-refractivity contribution in [3.8, 4) is 11.5 Å². The van der Waals surface area contributed by atoms with Crippen molar-refractivity contribution in [2.75, 3.05) is 18.7 Å². The lowest BCUT2D eigenvalue weighted by Crippen LogP contribution is -2.21. The van der Waals surface area contributed by atoms with Gasteiger partial charge in [0.15, 0.2) is 11.5 Å². The van der Waals surface area contributed by atoms with E-state index in [0.29, 0.717) is 24.5 Å². The van der Waals surface area contributed by atoms with Crippen LogP contribution in [0.15, 0.2) is 42.5 Å². The standard InChI is InChI=1S/C18H20N2O3/c1-13-2-4-14(5-3-13)11-19-9-8-18(21)20-15-6-7-16-17(10-15)23-12-22-16/h2-7,10,19H,8-9,11-12H2,1H3,(H,20,21). The van der Waals surface area contributed by atoms with Crippen LogP contribution in [0.3, 0.4) is 0 Å². The van der Waals surface area contributed by atoms with Gasteiger partial charge in [0.2, 0.25) is 12.7 Å². The quantitative estimate of drug-likeness (QED) is 0.805. The minimum Gasteiger partial charge on any atom is -0.454 e. The van der Waals surface area contributed by atoms with Crippen molar-refractivity contribution in [3.63, 3.8) is 0 Å². The molecule has 2 aromatic carbocycles. The predicted molar refractivity (Wildman–Crippen MR) is 88.7 cm³/mol. The number of amides is 1. The molecule has 2 aromatic rings. The molecule has 0 spiro atoms. The lowest BCUT2D eigenvalue weighted by molar-refractivity contribution is -0.116. The maximum Gasteiger partial charge on any atom is 0.231 e. The molecule has 1 amide bonds. The SMILES string of the molecule is Cc1ccc(CNCCC(=O)Nc2ccc3c(c2)OCO3)cc1. The van der Waals surface area contributed by atoms with Gasteiger partial charge in [-0.05, 0) is 24.6 Å². The summed E-state index contributed by atoms with van der Waals surface area (Å²) in [7, 11) is 0. The Balaban J connectivity index is 1.40. The summed E-state index contributed by atoms with van der Waals surface area (Å²) < 4.78 is 10.5. The lowest BCUT2D eigenvalue weighted by atomic mass is 10.1. The summed E-state index contributed by atoms with van der Waals surface area (Å²) in [6.45, 7) is 3.69. The zero-order valence-electron chi connectivity index (χ0n) is 13.1. The topological polar surface area (TPSA) is 59.6 Å². The first kappa shape index (κ1) is 15.4. The highest BCUT2D eigenvalue weighted by atomic mass is 16.7. The number of hydrogen-bond acceptors (Lipinski definition) is 4. The molecule has 0 unspecified atom stereocenters. The molecule has 120 valence electrons. The second-order valence-corrected chi connectivity index (χ2v) is 5.53. The highest BCUT2D eigenvalue weighted by molar-refractivity contribution is 5.91. The van der Waals surface area contributed by atoms with Gasteiger partial charge in [-0.1, -0.05) is 29.8 Å². The summed E-state index contributed by atoms with van der Waals surface area (Å²) >= 11 is 0. The molecule has 0 bridgehead atoms. The fourth-order valence-corrected chi connectivity index (χ4v) is 2.34. The van der Waals surface area contributed by atoms with Gasteiger partial charge in [-0.25, -0.2) is 0 Å². The molecule has 1 aliphatic rings. The second-order valence-electron chi connectivity index (χ2n) is 5.53. The normalized spacial score (nSPS) is 12.2. The number of ether oxygens (including phenoxy) is 2. The van der Waals surface area contributed by atoms with Crippen molar-refractivity contribution in [3.05, 3.63) is 53.6 Å². The number of carbonyl (C=O) groups is 1. The molecule has 1 aliphatic heterocycles. The molecule has 5 nitrogen and oxygen atoms in total. The van der Waals surface area contributed by atoms with Gasteiger partial charge >= 0.3 is 0 Å². The van der Waals surface area contributed by atoms with Gasteiger partial charge in [0.25, 0.3) is 0 Å². The zero-order chi connectivity index (χ0) is 16.1. The van der Waals surface area contributed by atoms with Crippen LogP contribution in [-0.4, -0.2) is 19.2 Å². The third kappa shape index (κ3) is 4.23. The Labute approximate surface area is 135 Å². The van der Waals surface area contributed by atoms with E-state index in [0.717, 1.165) is 12.2 Å². The van der Waals surface area contributed by atoms with Gasteiger partial charge in [-0.2, -0.15) is 0 Å². The van der Waals surface area contributed by atoms with Gasteiger partial charge in [0, 0.05) is 31.3 Å². The van der Waals surface area contributed by atoms with Crippen LogP contribution >= 0.6 is 0 Å². The van der Waals surface area contributed by atoms with E-state index in [2.05, 4.69) is 41.8 Å². The third-order valence-electron chi connectivity index (χ3n) is 3.63. The summed E-state index contributed by atoms with van der Waals surface area (Å²) in [6.07, 6.45) is 0.417. The van der Waals surface area contributed by atoms with Gasteiger partial charge in [-0.15, -0.1) is 0 Å². The van der Waals surface area contributed by atoms with Crippen LogP contribution < -0.4 is 20.1 Å². The molecule has 0 atom stereocenters. The first-order valence-electron chi connectivity index (χ1n) is 7.66. The van der Waals surface area contributed by atoms with Crippen molar-refractivity contribution < 1.29 is 14.3 Å². The lowest BCUT2D eigenvalue weighted by Gasteiger charge is -2.07. The predicted octanol–water partition coefficient (Wildman–Crippen LogP) is 2.84. The maximum atomic E-state index is 11.9. The first-order chi connectivity index (χ1) is 11.2. The number of aryl methyl sites for hydroxylation is 1. The molecule has 0 radical (unpaired) electrons. The van der Waals surface area contributed by atoms with E-state index in [4.69, 9.17) is 9.47 Å². The van der Waals surface area contributed by atoms with Crippen LogP contribution in [-0.2, 0) is 11.3 Å². The fourth-order valence-electron chi connectivity index (χ4n) is 2.34. The van der Waals surface area contributed by atoms with E-state index in [1.54, 1.807) is 12.1 Å². The number of carbonyl (C=O) groups excluding carboxylic acids is 1. The highest BCUT2D eigenvalue weighted by Crippen LogP contribution is 2.34. The Hall–Kier alpha value is -2.53. The van der Waals surface area contributed by atoms with Crippen molar-refractivity contribution >= 4 is 11.6 Å². The molecule has 0 aliphatic carbocycles. The Kier molecular flexibility index (Phi) is 4.78. The molecule has 0 saturated carbocycles. The summed E-state index contributed by atoms with van der Waals surface area (Å²) in [5.41, 5.74) is 3.18. The van der Waals surface area contributed by atoms with Crippen molar-refractivity contribution in [2.24, 2.45) is 0 Å². The molecule has 5 heteroatoms. The van der Waals surface area contributed by atoms with Crippen LogP contribution in [0.25, 0.3) is 0 Å². The molecule has 23 heavy (non-hydrogen) atoms. The summed E-state index contributed by atoms with van der Waals surface area (Å²) in [5.74, 6) is 1.35. The first-order valence-corrected chi connectivity index (χ1v) is 7.66. The summed E-state index contributed by atoms with van der Waals surface area (Å²) in [6, 6.07) is 13.7. The Morgan fingerprint density at radius 3 is 2.70 bits per heavy atom. The number of fused-ring (bicyclic) bond motifs is 1. The molecule has 0 fully saturated rings. The van der Waals surface area contributed by atoms with Gasteiger partial charge in [-0.3, -0.25) is 4.79 Å². The van der Waals surface area contributed by atoms with E-state index in [1.165, 1.54) is 11.1 Å². The summed E-state index contributed by atoms with van der Waals surface area (Å²) in [5, 5.41) is 6.14. The van der Waals surface area contributed by atoms with Crippen molar-refractivity contribution in [1.82, 2.24) is 5.32 Å². The Morgan fingerprint density at radius 2 is 1.87 bits per heavy atom. The fraction of sp³-hybridized carbons (Fsp3) is 0.278. The molecular formula is C18H20N2O3. The van der Waals surface area contributed by atoms with E-state index in [1.807, 2.05) is 6.07 Å². The van der Waals surface area contributed by atoms with E-state index in [-0.39, 0.29) is 12.7 Å². The highest BCUT2D eigenvalue weighted by Gasteiger charge is 2.13. The van der Waals surface area contributed by atoms with Crippen LogP contribution in [0.2, 0.25) is 0 Å². The minimum atomic E-state index is -0.0275. The van der Waals surface area contributed by atoms with Gasteiger partial charge < -0.3 is 20.1 Å². The van der Waals surface area contributed by atoms with Crippen LogP contribution in [0, 0.1) is 6.92 Å². The Bertz CT molecular complexity index is 683. The van der Waals surface area contributed by atoms with Crippen LogP contribution in [0.5, 0.6) is 11.5 Å². The zero-order valence-corrected chi connectivity index (χ0v) is 13.1. The third-order valence-corrected chi connectivity index (χ3v) is 3.63. The number of rotatable bonds is 6. The molecular weight excluding hydrogens is 292 g/mol. The minimum absolute atomic E-state index is 0.0275. The molecule has 2 N–H and O–H groups in total. The average molecular weight is 312 g/mol. The van der Waals surface area contributed by atoms with Gasteiger partial charge in [0.05, 0.1) is 0 Å². The second kappa shape index (κ2) is 7.15. The van der Waals surface area contributed by atoms with Crippen molar-refractivity contribution in [1.29, 1.82) is 0 Å². The molecule has 3 rings (SSSR count). The number of benzene rings is 2. The smallest absolute Gasteiger partial charge is 0.231 e. The number of anilines is 1. The molecule has 0 saturated heterocycles. The summed E-state index contributed by atoms with van der Waals surface area (Å²) in [4.78, 5) is 11.9. The number of hydrogen-bond donors (Lipinski definition) is 2. The van der Waals surface area contributed by atoms with Gasteiger partial charge in [0.1, 0.15) is 0 Å². The monoisotopic (exact) mass is 312 g/mol. The number of nitrogens with one attached hydrogen (secondary N) is 2.